The molecule has 0 aliphatic carbocycles. The lowest BCUT2D eigenvalue weighted by atomic mass is 10.1. The van der Waals surface area contributed by atoms with Gasteiger partial charge in [-0.1, -0.05) is 156 Å². The van der Waals surface area contributed by atoms with Crippen LogP contribution in [0.5, 0.6) is 0 Å². The van der Waals surface area contributed by atoms with Gasteiger partial charge in [-0.2, -0.15) is 0 Å². The van der Waals surface area contributed by atoms with Crippen LogP contribution in [0.1, 0.15) is 207 Å². The molecule has 0 spiro atoms. The topological polar surface area (TPSA) is 0 Å². The minimum atomic E-state index is 0. The van der Waals surface area contributed by atoms with Crippen molar-refractivity contribution in [3.05, 3.63) is 0 Å². The quantitative estimate of drug-likeness (QED) is 0.0529. The van der Waals surface area contributed by atoms with Gasteiger partial charge in [0.15, 0.2) is 0 Å². The summed E-state index contributed by atoms with van der Waals surface area (Å²) in [5.74, 6) is 0. The molecule has 0 radical (unpaired) electrons. The van der Waals surface area contributed by atoms with Crippen molar-refractivity contribution in [3.8, 4) is 0 Å². The second kappa shape index (κ2) is 39.7. The Morgan fingerprint density at radius 1 is 0.227 bits per heavy atom. The van der Waals surface area contributed by atoms with Gasteiger partial charge in [0.1, 0.15) is 0 Å². The van der Waals surface area contributed by atoms with Gasteiger partial charge in [-0.05, 0) is 51.4 Å². The largest absolute Gasteiger partial charge is 1.00 e. The van der Waals surface area contributed by atoms with Crippen molar-refractivity contribution in [2.75, 3.05) is 54.4 Å². The fourth-order valence-corrected chi connectivity index (χ4v) is 6.21. The molecule has 0 aromatic carbocycles. The number of unbranched alkanes of at least 4 members (excludes halogenated alkanes) is 24. The van der Waals surface area contributed by atoms with Crippen LogP contribution in [0.15, 0.2) is 0 Å². The second-order valence-electron chi connectivity index (χ2n) is 15.3. The van der Waals surface area contributed by atoms with Crippen molar-refractivity contribution in [1.29, 1.82) is 0 Å². The first-order valence-electron chi connectivity index (χ1n) is 19.9. The third-order valence-corrected chi connectivity index (χ3v) is 9.47. The van der Waals surface area contributed by atoms with Crippen LogP contribution in [-0.4, -0.2) is 63.3 Å². The first-order valence-corrected chi connectivity index (χ1v) is 19.9. The summed E-state index contributed by atoms with van der Waals surface area (Å²) in [6.07, 6.45) is 40.1. The Morgan fingerprint density at radius 3 is 0.523 bits per heavy atom. The first-order chi connectivity index (χ1) is 20.2. The van der Waals surface area contributed by atoms with E-state index in [2.05, 4.69) is 55.9 Å². The molecule has 0 aromatic rings. The zero-order valence-corrected chi connectivity index (χ0v) is 33.8. The molecule has 272 valence electrons. The van der Waals surface area contributed by atoms with E-state index in [0.717, 1.165) is 0 Å². The summed E-state index contributed by atoms with van der Waals surface area (Å²) < 4.78 is 2.48. The maximum absolute atomic E-state index is 2.43. The summed E-state index contributed by atoms with van der Waals surface area (Å²) in [6, 6.07) is 0. The molecule has 0 aliphatic heterocycles. The van der Waals surface area contributed by atoms with Crippen molar-refractivity contribution >= 4 is 0 Å². The Balaban J connectivity index is -0.000000354. The molecular weight excluding hydrogens is 579 g/mol. The van der Waals surface area contributed by atoms with Crippen molar-refractivity contribution in [2.45, 2.75) is 207 Å². The monoisotopic (exact) mass is 667 g/mol. The van der Waals surface area contributed by atoms with E-state index >= 15 is 0 Å². The molecule has 4 heteroatoms. The summed E-state index contributed by atoms with van der Waals surface area (Å²) in [6.45, 7) is 14.7. The van der Waals surface area contributed by atoms with Crippen molar-refractivity contribution in [3.63, 3.8) is 0 Å². The Morgan fingerprint density at radius 2 is 0.364 bits per heavy atom. The molecule has 0 saturated heterocycles. The van der Waals surface area contributed by atoms with Gasteiger partial charge in [0.25, 0.3) is 0 Å². The number of rotatable bonds is 32. The molecule has 0 bridgehead atoms. The molecule has 0 rings (SSSR count). The maximum atomic E-state index is 2.43. The summed E-state index contributed by atoms with van der Waals surface area (Å²) in [7, 11) is 9.70. The van der Waals surface area contributed by atoms with Crippen LogP contribution in [0.2, 0.25) is 0 Å². The van der Waals surface area contributed by atoms with E-state index in [1.54, 1.807) is 0 Å². The Hall–Kier alpha value is 0.500. The molecule has 44 heavy (non-hydrogen) atoms. The van der Waals surface area contributed by atoms with E-state index in [1.807, 2.05) is 0 Å². The second-order valence-corrected chi connectivity index (χ2v) is 15.3. The molecule has 0 saturated carbocycles. The van der Waals surface area contributed by atoms with Crippen LogP contribution in [0.3, 0.4) is 0 Å². The van der Waals surface area contributed by atoms with Gasteiger partial charge in [-0.15, -0.1) is 0 Å². The Labute approximate surface area is 294 Å². The number of quaternary nitrogens is 2. The van der Waals surface area contributed by atoms with Gasteiger partial charge in [0, 0.05) is 0 Å². The highest BCUT2D eigenvalue weighted by Gasteiger charge is 2.14. The van der Waals surface area contributed by atoms with Crippen LogP contribution in [0, 0.1) is 0 Å². The third-order valence-electron chi connectivity index (χ3n) is 9.47. The summed E-state index contributed by atoms with van der Waals surface area (Å²) in [5.41, 5.74) is 0. The van der Waals surface area contributed by atoms with Crippen LogP contribution in [-0.2, 0) is 0 Å². The lowest BCUT2D eigenvalue weighted by Gasteiger charge is -2.30. The molecule has 0 fully saturated rings. The van der Waals surface area contributed by atoms with Gasteiger partial charge in [-0.25, -0.2) is 0 Å². The average molecular weight is 668 g/mol. The van der Waals surface area contributed by atoms with E-state index in [0.29, 0.717) is 0 Å². The zero-order valence-electron chi connectivity index (χ0n) is 32.3. The molecule has 2 nitrogen and oxygen atoms in total. The van der Waals surface area contributed by atoms with E-state index in [-0.39, 0.29) is 24.8 Å². The van der Waals surface area contributed by atoms with E-state index in [4.69, 9.17) is 0 Å². The lowest BCUT2D eigenvalue weighted by molar-refractivity contribution is -0.890. The van der Waals surface area contributed by atoms with Crippen LogP contribution < -0.4 is 24.8 Å². The molecule has 0 aliphatic rings. The highest BCUT2D eigenvalue weighted by atomic mass is 35.5. The number of hydrogen-bond donors (Lipinski definition) is 0. The minimum Gasteiger partial charge on any atom is -1.00 e. The molecule has 0 amide bonds. The predicted octanol–water partition coefficient (Wildman–Crippen LogP) is 7.14. The van der Waals surface area contributed by atoms with Gasteiger partial charge in [0.2, 0.25) is 0 Å². The normalized spacial score (nSPS) is 11.5. The van der Waals surface area contributed by atoms with E-state index in [1.165, 1.54) is 215 Å². The van der Waals surface area contributed by atoms with E-state index in [9.17, 15) is 0 Å². The fraction of sp³-hybridized carbons (Fsp3) is 1.00. The van der Waals surface area contributed by atoms with Gasteiger partial charge >= 0.3 is 0 Å². The predicted molar refractivity (Wildman–Crippen MR) is 196 cm³/mol. The number of hydrogen-bond acceptors (Lipinski definition) is 0. The van der Waals surface area contributed by atoms with Gasteiger partial charge < -0.3 is 33.8 Å². The highest BCUT2D eigenvalue weighted by molar-refractivity contribution is 4.49. The van der Waals surface area contributed by atoms with Gasteiger partial charge in [0.05, 0.1) is 54.4 Å². The summed E-state index contributed by atoms with van der Waals surface area (Å²) >= 11 is 0. The smallest absolute Gasteiger partial charge is 0.0782 e. The molecule has 0 aromatic heterocycles. The molecule has 0 atom stereocenters. The summed E-state index contributed by atoms with van der Waals surface area (Å²) in [4.78, 5) is 0. The third kappa shape index (κ3) is 44.6. The van der Waals surface area contributed by atoms with Crippen molar-refractivity contribution < 1.29 is 33.8 Å². The Kier molecular flexibility index (Phi) is 46.3. The highest BCUT2D eigenvalue weighted by Crippen LogP contribution is 2.14. The molecule has 0 heterocycles. The van der Waals surface area contributed by atoms with Crippen LogP contribution in [0.25, 0.3) is 0 Å². The number of halogens is 2. The first kappa shape index (κ1) is 51.3. The Bertz CT molecular complexity index is 456. The molecule has 0 N–H and O–H groups in total. The number of nitrogens with zero attached hydrogens (tertiary/aromatic N) is 2. The summed E-state index contributed by atoms with van der Waals surface area (Å²) in [5, 5.41) is 0. The van der Waals surface area contributed by atoms with Crippen LogP contribution >= 0.6 is 0 Å². The fourth-order valence-electron chi connectivity index (χ4n) is 6.21. The zero-order chi connectivity index (χ0) is 31.6. The SMILES string of the molecule is CCCCCCCCCC[N+](C)(C)CCCCCCCCCC.CCCCCCCC[N+](C)(C)CCCCCCCC.[Cl-].[Cl-]. The lowest BCUT2D eigenvalue weighted by Crippen LogP contribution is -3.00. The van der Waals surface area contributed by atoms with Crippen LogP contribution in [0.4, 0.5) is 0 Å². The maximum Gasteiger partial charge on any atom is 0.0782 e. The average Bonchev–Trinajstić information content (AvgIpc) is 2.95. The van der Waals surface area contributed by atoms with Crippen molar-refractivity contribution in [1.82, 2.24) is 0 Å². The van der Waals surface area contributed by atoms with E-state index < -0.39 is 0 Å². The van der Waals surface area contributed by atoms with Crippen molar-refractivity contribution in [2.24, 2.45) is 0 Å². The molecular formula is C40H88Cl2N2. The minimum absolute atomic E-state index is 0. The van der Waals surface area contributed by atoms with Gasteiger partial charge in [-0.3, -0.25) is 0 Å². The molecule has 0 unspecified atom stereocenters. The standard InChI is InChI=1S/C22H48N.C18H40N.2ClH/c1-5-7-9-11-13-15-17-19-21-23(3,4)22-20-18-16-14-12-10-8-6-2;1-5-7-9-11-13-15-17-19(3,4)18-16-14-12-10-8-6-2;;/h5-22H2,1-4H3;5-18H2,1-4H3;2*1H/q2*+1;;/p-2.